The summed E-state index contributed by atoms with van der Waals surface area (Å²) in [5, 5.41) is 2.95. The molecule has 5 nitrogen and oxygen atoms in total. The molecule has 1 aromatic heterocycles. The third-order valence-electron chi connectivity index (χ3n) is 2.59. The molecular weight excluding hydrogens is 278 g/mol. The average Bonchev–Trinajstić information content (AvgIpc) is 2.42. The first-order chi connectivity index (χ1) is 9.60. The van der Waals surface area contributed by atoms with Crippen LogP contribution in [-0.4, -0.2) is 22.5 Å². The van der Waals surface area contributed by atoms with E-state index in [0.29, 0.717) is 12.3 Å². The van der Waals surface area contributed by atoms with Gasteiger partial charge in [-0.15, -0.1) is 0 Å². The highest BCUT2D eigenvalue weighted by atomic mass is 35.5. The van der Waals surface area contributed by atoms with Crippen molar-refractivity contribution in [2.75, 3.05) is 11.9 Å². The smallest absolute Gasteiger partial charge is 0.275 e. The Morgan fingerprint density at radius 1 is 1.40 bits per heavy atom. The molecule has 1 N–H and O–H groups in total. The van der Waals surface area contributed by atoms with E-state index in [0.717, 1.165) is 11.3 Å². The molecule has 20 heavy (non-hydrogen) atoms. The minimum atomic E-state index is -0.354. The number of amides is 1. The summed E-state index contributed by atoms with van der Waals surface area (Å²) in [6.07, 6.45) is 2.74. The van der Waals surface area contributed by atoms with Crippen LogP contribution in [0.25, 0.3) is 0 Å². The van der Waals surface area contributed by atoms with E-state index in [9.17, 15) is 4.79 Å². The molecule has 0 saturated carbocycles. The second-order valence-electron chi connectivity index (χ2n) is 4.09. The van der Waals surface area contributed by atoms with E-state index in [4.69, 9.17) is 16.3 Å². The quantitative estimate of drug-likeness (QED) is 0.940. The molecule has 1 amide bonds. The summed E-state index contributed by atoms with van der Waals surface area (Å²) in [5.41, 5.74) is 1.77. The topological polar surface area (TPSA) is 64.1 Å². The van der Waals surface area contributed by atoms with Crippen LogP contribution in [0.1, 0.15) is 23.0 Å². The largest absolute Gasteiger partial charge is 0.494 e. The third kappa shape index (κ3) is 3.45. The maximum absolute atomic E-state index is 12.0. The fourth-order valence-electron chi connectivity index (χ4n) is 1.67. The summed E-state index contributed by atoms with van der Waals surface area (Å²) >= 11 is 5.71. The molecule has 104 valence electrons. The average molecular weight is 292 g/mol. The highest BCUT2D eigenvalue weighted by Gasteiger charge is 2.10. The first-order valence-corrected chi connectivity index (χ1v) is 6.50. The monoisotopic (exact) mass is 291 g/mol. The molecule has 0 spiro atoms. The van der Waals surface area contributed by atoms with E-state index in [1.165, 1.54) is 12.4 Å². The molecule has 6 heteroatoms. The molecule has 0 bridgehead atoms. The fraction of sp³-hybridized carbons (Fsp3) is 0.214. The lowest BCUT2D eigenvalue weighted by Crippen LogP contribution is -2.14. The minimum absolute atomic E-state index is 0.172. The lowest BCUT2D eigenvalue weighted by atomic mass is 10.2. The molecular formula is C14H14ClN3O2. The van der Waals surface area contributed by atoms with Gasteiger partial charge in [-0.2, -0.15) is 0 Å². The number of nitrogens with one attached hydrogen (secondary N) is 1. The lowest BCUT2D eigenvalue weighted by molar-refractivity contribution is 0.102. The Balaban J connectivity index is 2.15. The van der Waals surface area contributed by atoms with Crippen molar-refractivity contribution in [3.63, 3.8) is 0 Å². The molecule has 0 unspecified atom stereocenters. The van der Waals surface area contributed by atoms with Crippen molar-refractivity contribution in [1.29, 1.82) is 0 Å². The van der Waals surface area contributed by atoms with Crippen molar-refractivity contribution in [3.05, 3.63) is 47.0 Å². The highest BCUT2D eigenvalue weighted by molar-refractivity contribution is 6.29. The van der Waals surface area contributed by atoms with Crippen LogP contribution in [0, 0.1) is 6.92 Å². The Hall–Kier alpha value is -2.14. The van der Waals surface area contributed by atoms with Gasteiger partial charge in [0.1, 0.15) is 16.6 Å². The van der Waals surface area contributed by atoms with Crippen LogP contribution in [0.3, 0.4) is 0 Å². The maximum atomic E-state index is 12.0. The number of nitrogens with zero attached hydrogens (tertiary/aromatic N) is 2. The third-order valence-corrected chi connectivity index (χ3v) is 2.78. The van der Waals surface area contributed by atoms with Gasteiger partial charge < -0.3 is 10.1 Å². The van der Waals surface area contributed by atoms with Crippen LogP contribution < -0.4 is 10.1 Å². The van der Waals surface area contributed by atoms with E-state index in [1.807, 2.05) is 19.9 Å². The van der Waals surface area contributed by atoms with Gasteiger partial charge in [-0.05, 0) is 37.6 Å². The summed E-state index contributed by atoms with van der Waals surface area (Å²) in [6, 6.07) is 5.45. The Labute approximate surface area is 122 Å². The Kier molecular flexibility index (Phi) is 4.53. The minimum Gasteiger partial charge on any atom is -0.494 e. The second kappa shape index (κ2) is 6.34. The van der Waals surface area contributed by atoms with E-state index in [1.54, 1.807) is 12.1 Å². The van der Waals surface area contributed by atoms with E-state index in [2.05, 4.69) is 15.3 Å². The number of rotatable bonds is 4. The van der Waals surface area contributed by atoms with Crippen LogP contribution in [0.2, 0.25) is 5.15 Å². The number of carbonyl (C=O) groups excluding carboxylic acids is 1. The van der Waals surface area contributed by atoms with Crippen LogP contribution >= 0.6 is 11.6 Å². The molecule has 0 aliphatic heterocycles. The van der Waals surface area contributed by atoms with Crippen molar-refractivity contribution < 1.29 is 9.53 Å². The van der Waals surface area contributed by atoms with Crippen LogP contribution in [0.4, 0.5) is 5.69 Å². The van der Waals surface area contributed by atoms with Crippen molar-refractivity contribution in [3.8, 4) is 5.75 Å². The molecule has 0 aliphatic rings. The molecule has 2 rings (SSSR count). The van der Waals surface area contributed by atoms with Gasteiger partial charge in [0, 0.05) is 5.69 Å². The van der Waals surface area contributed by atoms with Crippen molar-refractivity contribution >= 4 is 23.2 Å². The number of ether oxygens (including phenoxy) is 1. The summed E-state index contributed by atoms with van der Waals surface area (Å²) in [5.74, 6) is 0.415. The SMILES string of the molecule is CCOc1ccc(NC(=O)c2cncc(Cl)n2)c(C)c1. The van der Waals surface area contributed by atoms with Gasteiger partial charge in [-0.3, -0.25) is 9.78 Å². The Morgan fingerprint density at radius 2 is 2.20 bits per heavy atom. The summed E-state index contributed by atoms with van der Waals surface area (Å²) in [6.45, 7) is 4.41. The van der Waals surface area contributed by atoms with Gasteiger partial charge in [-0.25, -0.2) is 4.98 Å². The lowest BCUT2D eigenvalue weighted by Gasteiger charge is -2.10. The number of hydrogen-bond acceptors (Lipinski definition) is 4. The zero-order chi connectivity index (χ0) is 14.5. The molecule has 0 fully saturated rings. The standard InChI is InChI=1S/C14H14ClN3O2/c1-3-20-10-4-5-11(9(2)6-10)18-14(19)12-7-16-8-13(15)17-12/h4-8H,3H2,1-2H3,(H,18,19). The summed E-state index contributed by atoms with van der Waals surface area (Å²) in [7, 11) is 0. The van der Waals surface area contributed by atoms with Crippen molar-refractivity contribution in [2.24, 2.45) is 0 Å². The Bertz CT molecular complexity index is 632. The zero-order valence-electron chi connectivity index (χ0n) is 11.2. The number of hydrogen-bond donors (Lipinski definition) is 1. The van der Waals surface area contributed by atoms with E-state index >= 15 is 0 Å². The predicted octanol–water partition coefficient (Wildman–Crippen LogP) is 3.09. The van der Waals surface area contributed by atoms with Crippen LogP contribution in [0.15, 0.2) is 30.6 Å². The fourth-order valence-corrected chi connectivity index (χ4v) is 1.82. The van der Waals surface area contributed by atoms with Gasteiger partial charge >= 0.3 is 0 Å². The molecule has 2 aromatic rings. The van der Waals surface area contributed by atoms with Gasteiger partial charge in [-0.1, -0.05) is 11.6 Å². The van der Waals surface area contributed by atoms with Gasteiger partial charge in [0.05, 0.1) is 19.0 Å². The number of carbonyl (C=O) groups is 1. The molecule has 1 aromatic carbocycles. The number of aromatic nitrogens is 2. The second-order valence-corrected chi connectivity index (χ2v) is 4.48. The summed E-state index contributed by atoms with van der Waals surface area (Å²) in [4.78, 5) is 19.8. The first-order valence-electron chi connectivity index (χ1n) is 6.12. The molecule has 0 aliphatic carbocycles. The number of aryl methyl sites for hydroxylation is 1. The van der Waals surface area contributed by atoms with E-state index in [-0.39, 0.29) is 16.8 Å². The van der Waals surface area contributed by atoms with E-state index < -0.39 is 0 Å². The zero-order valence-corrected chi connectivity index (χ0v) is 11.9. The predicted molar refractivity (Wildman–Crippen MR) is 77.3 cm³/mol. The molecule has 0 radical (unpaired) electrons. The number of halogens is 1. The normalized spacial score (nSPS) is 10.2. The molecule has 0 atom stereocenters. The maximum Gasteiger partial charge on any atom is 0.275 e. The van der Waals surface area contributed by atoms with Crippen LogP contribution in [0.5, 0.6) is 5.75 Å². The Morgan fingerprint density at radius 3 is 2.85 bits per heavy atom. The van der Waals surface area contributed by atoms with Gasteiger partial charge in [0.15, 0.2) is 0 Å². The summed E-state index contributed by atoms with van der Waals surface area (Å²) < 4.78 is 5.39. The highest BCUT2D eigenvalue weighted by Crippen LogP contribution is 2.21. The van der Waals surface area contributed by atoms with Gasteiger partial charge in [0.25, 0.3) is 5.91 Å². The van der Waals surface area contributed by atoms with Gasteiger partial charge in [0.2, 0.25) is 0 Å². The molecule has 0 saturated heterocycles. The number of benzene rings is 1. The number of anilines is 1. The first kappa shape index (κ1) is 14.3. The van der Waals surface area contributed by atoms with Crippen molar-refractivity contribution in [2.45, 2.75) is 13.8 Å². The van der Waals surface area contributed by atoms with Crippen LogP contribution in [-0.2, 0) is 0 Å². The van der Waals surface area contributed by atoms with Crippen molar-refractivity contribution in [1.82, 2.24) is 9.97 Å². The molecule has 1 heterocycles.